The van der Waals surface area contributed by atoms with Gasteiger partial charge in [-0.05, 0) is 37.3 Å². The maximum absolute atomic E-state index is 12.6. The van der Waals surface area contributed by atoms with E-state index in [-0.39, 0.29) is 42.9 Å². The topological polar surface area (TPSA) is 70.2 Å². The van der Waals surface area contributed by atoms with Gasteiger partial charge in [0.2, 0.25) is 11.8 Å². The number of hydrogen-bond donors (Lipinski definition) is 0. The van der Waals surface area contributed by atoms with Crippen molar-refractivity contribution in [2.45, 2.75) is 57.6 Å². The molecule has 4 rings (SSSR count). The second-order valence-corrected chi connectivity index (χ2v) is 8.10. The van der Waals surface area contributed by atoms with Crippen LogP contribution in [-0.2, 0) is 20.7 Å². The zero-order chi connectivity index (χ0) is 20.4. The lowest BCUT2D eigenvalue weighted by Gasteiger charge is -2.35. The number of nitrogens with zero attached hydrogens (tertiary/aromatic N) is 3. The highest BCUT2D eigenvalue weighted by Crippen LogP contribution is 2.28. The molecule has 0 spiro atoms. The number of para-hydroxylation sites is 1. The van der Waals surface area contributed by atoms with E-state index in [4.69, 9.17) is 4.74 Å². The highest BCUT2D eigenvalue weighted by atomic mass is 16.6. The van der Waals surface area contributed by atoms with Gasteiger partial charge in [-0.25, -0.2) is 4.79 Å². The minimum atomic E-state index is -0.224. The lowest BCUT2D eigenvalue weighted by Crippen LogP contribution is -2.47. The number of fused-ring (bicyclic) bond motifs is 1. The molecular weight excluding hydrogens is 370 g/mol. The number of carbonyl (C=O) groups excluding carboxylic acids is 3. The molecule has 2 fully saturated rings. The number of amides is 3. The standard InChI is InChI=1S/C22H29N3O4/c1-2-18-15-25(22(28)29-18)17-10-12-23(13-11-17)20(26)7-8-21(27)24-14-9-16-5-3-4-6-19(16)24/h3-6,17-18H,2,7-15H2,1H3. The molecule has 1 aromatic carbocycles. The number of benzene rings is 1. The van der Waals surface area contributed by atoms with Crippen molar-refractivity contribution < 1.29 is 19.1 Å². The predicted octanol–water partition coefficient (Wildman–Crippen LogP) is 2.58. The monoisotopic (exact) mass is 399 g/mol. The molecule has 0 aromatic heterocycles. The quantitative estimate of drug-likeness (QED) is 0.763. The third kappa shape index (κ3) is 4.09. The summed E-state index contributed by atoms with van der Waals surface area (Å²) in [6.45, 7) is 4.63. The molecule has 3 amide bonds. The third-order valence-corrected chi connectivity index (χ3v) is 6.36. The van der Waals surface area contributed by atoms with Crippen LogP contribution in [0.15, 0.2) is 24.3 Å². The predicted molar refractivity (Wildman–Crippen MR) is 109 cm³/mol. The van der Waals surface area contributed by atoms with Crippen molar-refractivity contribution in [3.63, 3.8) is 0 Å². The molecule has 0 radical (unpaired) electrons. The summed E-state index contributed by atoms with van der Waals surface area (Å²) >= 11 is 0. The molecule has 1 aromatic rings. The van der Waals surface area contributed by atoms with Crippen molar-refractivity contribution in [1.82, 2.24) is 9.80 Å². The largest absolute Gasteiger partial charge is 0.444 e. The summed E-state index contributed by atoms with van der Waals surface area (Å²) < 4.78 is 5.35. The SMILES string of the molecule is CCC1CN(C2CCN(C(=O)CCC(=O)N3CCc4ccccc43)CC2)C(=O)O1. The first-order chi connectivity index (χ1) is 14.1. The fourth-order valence-corrected chi connectivity index (χ4v) is 4.58. The fourth-order valence-electron chi connectivity index (χ4n) is 4.58. The maximum atomic E-state index is 12.6. The molecule has 0 saturated carbocycles. The first-order valence-corrected chi connectivity index (χ1v) is 10.7. The number of cyclic esters (lactones) is 1. The van der Waals surface area contributed by atoms with Crippen molar-refractivity contribution in [3.8, 4) is 0 Å². The number of hydrogen-bond acceptors (Lipinski definition) is 4. The second kappa shape index (κ2) is 8.43. The number of carbonyl (C=O) groups is 3. The smallest absolute Gasteiger partial charge is 0.410 e. The van der Waals surface area contributed by atoms with Crippen LogP contribution in [0.5, 0.6) is 0 Å². The van der Waals surface area contributed by atoms with Crippen LogP contribution in [0.3, 0.4) is 0 Å². The van der Waals surface area contributed by atoms with Crippen LogP contribution in [0.1, 0.15) is 44.6 Å². The zero-order valence-electron chi connectivity index (χ0n) is 17.0. The van der Waals surface area contributed by atoms with Crippen molar-refractivity contribution in [2.24, 2.45) is 0 Å². The summed E-state index contributed by atoms with van der Waals surface area (Å²) in [6, 6.07) is 8.10. The molecule has 29 heavy (non-hydrogen) atoms. The van der Waals surface area contributed by atoms with Gasteiger partial charge in [0.05, 0.1) is 6.54 Å². The third-order valence-electron chi connectivity index (χ3n) is 6.36. The average molecular weight is 399 g/mol. The lowest BCUT2D eigenvalue weighted by molar-refractivity contribution is -0.134. The van der Waals surface area contributed by atoms with Crippen LogP contribution in [-0.4, -0.2) is 66.0 Å². The van der Waals surface area contributed by atoms with E-state index in [0.717, 1.165) is 31.4 Å². The molecule has 3 aliphatic heterocycles. The highest BCUT2D eigenvalue weighted by Gasteiger charge is 2.37. The van der Waals surface area contributed by atoms with Crippen molar-refractivity contribution >= 4 is 23.6 Å². The first kappa shape index (κ1) is 19.7. The molecule has 0 aliphatic carbocycles. The van der Waals surface area contributed by atoms with Crippen LogP contribution >= 0.6 is 0 Å². The minimum Gasteiger partial charge on any atom is -0.444 e. The van der Waals surface area contributed by atoms with Gasteiger partial charge in [0, 0.05) is 44.2 Å². The minimum absolute atomic E-state index is 0.0103. The number of anilines is 1. The molecule has 156 valence electrons. The molecule has 3 aliphatic rings. The van der Waals surface area contributed by atoms with E-state index in [0.29, 0.717) is 26.2 Å². The summed E-state index contributed by atoms with van der Waals surface area (Å²) in [4.78, 5) is 42.7. The Labute approximate surface area is 171 Å². The van der Waals surface area contributed by atoms with Gasteiger partial charge in [-0.15, -0.1) is 0 Å². The van der Waals surface area contributed by atoms with Gasteiger partial charge >= 0.3 is 6.09 Å². The van der Waals surface area contributed by atoms with Gasteiger partial charge in [0.15, 0.2) is 0 Å². The molecule has 7 nitrogen and oxygen atoms in total. The molecule has 3 heterocycles. The summed E-state index contributed by atoms with van der Waals surface area (Å²) in [5.74, 6) is 0.0447. The van der Waals surface area contributed by atoms with E-state index < -0.39 is 0 Å². The molecule has 2 saturated heterocycles. The lowest BCUT2D eigenvalue weighted by atomic mass is 10.0. The Bertz CT molecular complexity index is 788. The van der Waals surface area contributed by atoms with E-state index in [1.165, 1.54) is 5.56 Å². The summed E-state index contributed by atoms with van der Waals surface area (Å²) in [7, 11) is 0. The molecule has 0 N–H and O–H groups in total. The van der Waals surface area contributed by atoms with Gasteiger partial charge in [-0.3, -0.25) is 9.59 Å². The van der Waals surface area contributed by atoms with Gasteiger partial charge in [-0.1, -0.05) is 25.1 Å². The Morgan fingerprint density at radius 3 is 2.52 bits per heavy atom. The Kier molecular flexibility index (Phi) is 5.74. The summed E-state index contributed by atoms with van der Waals surface area (Å²) in [6.07, 6.45) is 3.49. The second-order valence-electron chi connectivity index (χ2n) is 8.10. The average Bonchev–Trinajstić information content (AvgIpc) is 3.35. The van der Waals surface area contributed by atoms with Gasteiger partial charge < -0.3 is 19.4 Å². The molecular formula is C22H29N3O4. The molecule has 1 unspecified atom stereocenters. The Hall–Kier alpha value is -2.57. The number of likely N-dealkylation sites (tertiary alicyclic amines) is 1. The molecule has 0 bridgehead atoms. The number of rotatable bonds is 5. The van der Waals surface area contributed by atoms with Crippen LogP contribution in [0, 0.1) is 0 Å². The van der Waals surface area contributed by atoms with E-state index in [1.807, 2.05) is 34.9 Å². The van der Waals surface area contributed by atoms with Gasteiger partial charge in [-0.2, -0.15) is 0 Å². The first-order valence-electron chi connectivity index (χ1n) is 10.7. The normalized spacial score (nSPS) is 22.0. The summed E-state index contributed by atoms with van der Waals surface area (Å²) in [5.41, 5.74) is 2.17. The van der Waals surface area contributed by atoms with Crippen molar-refractivity contribution in [2.75, 3.05) is 31.1 Å². The van der Waals surface area contributed by atoms with E-state index in [2.05, 4.69) is 6.07 Å². The van der Waals surface area contributed by atoms with E-state index in [1.54, 1.807) is 4.90 Å². The van der Waals surface area contributed by atoms with Crippen LogP contribution in [0.4, 0.5) is 10.5 Å². The van der Waals surface area contributed by atoms with Crippen LogP contribution < -0.4 is 4.90 Å². The zero-order valence-corrected chi connectivity index (χ0v) is 17.0. The fraction of sp³-hybridized carbons (Fsp3) is 0.591. The number of ether oxygens (including phenoxy) is 1. The van der Waals surface area contributed by atoms with Crippen molar-refractivity contribution in [1.29, 1.82) is 0 Å². The summed E-state index contributed by atoms with van der Waals surface area (Å²) in [5, 5.41) is 0. The van der Waals surface area contributed by atoms with Gasteiger partial charge in [0.1, 0.15) is 6.10 Å². The Morgan fingerprint density at radius 2 is 1.79 bits per heavy atom. The highest BCUT2D eigenvalue weighted by molar-refractivity contribution is 5.97. The number of piperidine rings is 1. The molecule has 1 atom stereocenters. The van der Waals surface area contributed by atoms with E-state index >= 15 is 0 Å². The van der Waals surface area contributed by atoms with E-state index in [9.17, 15) is 14.4 Å². The Morgan fingerprint density at radius 1 is 1.07 bits per heavy atom. The molecule has 7 heteroatoms. The maximum Gasteiger partial charge on any atom is 0.410 e. The Balaban J connectivity index is 1.23. The van der Waals surface area contributed by atoms with Crippen molar-refractivity contribution in [3.05, 3.63) is 29.8 Å². The van der Waals surface area contributed by atoms with Crippen LogP contribution in [0.25, 0.3) is 0 Å². The van der Waals surface area contributed by atoms with Gasteiger partial charge in [0.25, 0.3) is 0 Å². The van der Waals surface area contributed by atoms with Crippen LogP contribution in [0.2, 0.25) is 0 Å².